The number of hydrogen-bond donors (Lipinski definition) is 0. The molecule has 0 heterocycles. The van der Waals surface area contributed by atoms with Gasteiger partial charge in [-0.2, -0.15) is 0 Å². The van der Waals surface area contributed by atoms with Gasteiger partial charge in [-0.3, -0.25) is 0 Å². The van der Waals surface area contributed by atoms with E-state index >= 15 is 0 Å². The van der Waals surface area contributed by atoms with Gasteiger partial charge in [-0.25, -0.2) is 0 Å². The Morgan fingerprint density at radius 1 is 1.50 bits per heavy atom. The van der Waals surface area contributed by atoms with Crippen molar-refractivity contribution in [3.63, 3.8) is 0 Å². The molecule has 0 saturated heterocycles. The molecule has 0 aromatic heterocycles. The van der Waals surface area contributed by atoms with Crippen LogP contribution in [0.4, 0.5) is 0 Å². The Kier molecular flexibility index (Phi) is 6.95. The van der Waals surface area contributed by atoms with Gasteiger partial charge in [0.2, 0.25) is 0 Å². The minimum absolute atomic E-state index is 0.284. The Morgan fingerprint density at radius 3 is 2.00 bits per heavy atom. The third-order valence-corrected chi connectivity index (χ3v) is 5.60. The van der Waals surface area contributed by atoms with Crippen molar-refractivity contribution in [2.24, 2.45) is 0 Å². The number of hydrogen-bond acceptors (Lipinski definition) is 0. The first-order chi connectivity index (χ1) is 2.77. The zero-order valence-corrected chi connectivity index (χ0v) is 9.33. The second-order valence-corrected chi connectivity index (χ2v) is 19.9. The maximum absolute atomic E-state index is 2.57. The summed E-state index contributed by atoms with van der Waals surface area (Å²) in [6.45, 7) is 2.25. The molecule has 0 nitrogen and oxygen atoms in total. The first kappa shape index (κ1) is 8.04. The van der Waals surface area contributed by atoms with Crippen molar-refractivity contribution in [3.8, 4) is 0 Å². The zero-order chi connectivity index (χ0) is 4.99. The van der Waals surface area contributed by atoms with Gasteiger partial charge < -0.3 is 0 Å². The van der Waals surface area contributed by atoms with Crippen LogP contribution in [0.25, 0.3) is 0 Å². The number of halogens is 2. The third-order valence-electron chi connectivity index (χ3n) is 0.393. The van der Waals surface area contributed by atoms with E-state index in [0.29, 0.717) is 0 Å². The molecular formula is C3H7I2V. The van der Waals surface area contributed by atoms with Crippen LogP contribution in [0, 0.1) is 0 Å². The standard InChI is InChI=1S/C3H7.2HI.V/c1-3-2;;;/h1,3H2,2H3;2*1H;/q;;;+2/p-2. The summed E-state index contributed by atoms with van der Waals surface area (Å²) in [7, 11) is -0.284. The van der Waals surface area contributed by atoms with Crippen LogP contribution < -0.4 is 0 Å². The van der Waals surface area contributed by atoms with E-state index in [9.17, 15) is 0 Å². The molecule has 0 bridgehead atoms. The normalized spacial score (nSPS) is 10.0. The van der Waals surface area contributed by atoms with E-state index < -0.39 is 0 Å². The van der Waals surface area contributed by atoms with Gasteiger partial charge in [-0.15, -0.1) is 0 Å². The molecule has 0 aromatic carbocycles. The van der Waals surface area contributed by atoms with Gasteiger partial charge in [-0.05, 0) is 0 Å². The molecular weight excluding hydrogens is 341 g/mol. The van der Waals surface area contributed by atoms with Gasteiger partial charge >= 0.3 is 66.8 Å². The van der Waals surface area contributed by atoms with Crippen molar-refractivity contribution in [3.05, 3.63) is 0 Å². The van der Waals surface area contributed by atoms with Crippen LogP contribution in [0.15, 0.2) is 0 Å². The summed E-state index contributed by atoms with van der Waals surface area (Å²) in [5.74, 6) is 0. The van der Waals surface area contributed by atoms with Crippen LogP contribution in [0.1, 0.15) is 13.3 Å². The van der Waals surface area contributed by atoms with E-state index in [1.807, 2.05) is 0 Å². The van der Waals surface area contributed by atoms with Crippen molar-refractivity contribution in [2.75, 3.05) is 0 Å². The molecule has 0 rings (SSSR count). The number of rotatable bonds is 2. The van der Waals surface area contributed by atoms with Crippen LogP contribution in [0.2, 0.25) is 5.13 Å². The molecule has 0 unspecified atom stereocenters. The molecule has 38 valence electrons. The van der Waals surface area contributed by atoms with Crippen molar-refractivity contribution >= 4 is 40.0 Å². The van der Waals surface area contributed by atoms with E-state index in [0.717, 1.165) is 0 Å². The molecule has 0 N–H and O–H groups in total. The van der Waals surface area contributed by atoms with Crippen LogP contribution in [0.5, 0.6) is 0 Å². The van der Waals surface area contributed by atoms with Gasteiger partial charge in [0.05, 0.1) is 0 Å². The summed E-state index contributed by atoms with van der Waals surface area (Å²) in [5.41, 5.74) is 0. The summed E-state index contributed by atoms with van der Waals surface area (Å²) in [5, 5.41) is 1.49. The monoisotopic (exact) mass is 348 g/mol. The van der Waals surface area contributed by atoms with Gasteiger partial charge in [0.15, 0.2) is 0 Å². The van der Waals surface area contributed by atoms with Crippen molar-refractivity contribution in [1.82, 2.24) is 0 Å². The molecule has 0 aliphatic rings. The van der Waals surface area contributed by atoms with E-state index in [2.05, 4.69) is 46.9 Å². The summed E-state index contributed by atoms with van der Waals surface area (Å²) >= 11 is 5.15. The van der Waals surface area contributed by atoms with Gasteiger partial charge in [-0.1, -0.05) is 0 Å². The Bertz CT molecular complexity index is 30.0. The molecule has 0 radical (unpaired) electrons. The van der Waals surface area contributed by atoms with E-state index in [1.54, 1.807) is 0 Å². The predicted molar refractivity (Wildman–Crippen MR) is 43.1 cm³/mol. The van der Waals surface area contributed by atoms with Crippen LogP contribution in [0.3, 0.4) is 0 Å². The maximum atomic E-state index is 2.57. The second kappa shape index (κ2) is 5.19. The van der Waals surface area contributed by atoms with Crippen LogP contribution in [-0.2, 0) is 8.34 Å². The predicted octanol–water partition coefficient (Wildman–Crippen LogP) is 3.13. The molecule has 0 atom stereocenters. The molecule has 0 fully saturated rings. The van der Waals surface area contributed by atoms with Gasteiger partial charge in [0.1, 0.15) is 0 Å². The molecule has 0 spiro atoms. The van der Waals surface area contributed by atoms with E-state index in [1.165, 1.54) is 11.6 Å². The molecule has 6 heavy (non-hydrogen) atoms. The fourth-order valence-electron chi connectivity index (χ4n) is 0.169. The third kappa shape index (κ3) is 6.04. The fraction of sp³-hybridized carbons (Fsp3) is 1.00. The van der Waals surface area contributed by atoms with Crippen molar-refractivity contribution in [2.45, 2.75) is 18.5 Å². The summed E-state index contributed by atoms with van der Waals surface area (Å²) in [6, 6.07) is 0. The molecule has 0 aliphatic heterocycles. The SMILES string of the molecule is CC[CH2][V]([I])[I]. The van der Waals surface area contributed by atoms with Crippen LogP contribution in [-0.4, -0.2) is 0 Å². The second-order valence-electron chi connectivity index (χ2n) is 1.03. The summed E-state index contributed by atoms with van der Waals surface area (Å²) in [6.07, 6.45) is 1.38. The van der Waals surface area contributed by atoms with Crippen LogP contribution >= 0.6 is 40.0 Å². The van der Waals surface area contributed by atoms with Crippen molar-refractivity contribution < 1.29 is 8.34 Å². The van der Waals surface area contributed by atoms with Gasteiger partial charge in [0.25, 0.3) is 0 Å². The molecule has 0 aliphatic carbocycles. The Morgan fingerprint density at radius 2 is 2.00 bits per heavy atom. The van der Waals surface area contributed by atoms with Crippen molar-refractivity contribution in [1.29, 1.82) is 0 Å². The zero-order valence-electron chi connectivity index (χ0n) is 3.62. The fourth-order valence-corrected chi connectivity index (χ4v) is 4.68. The molecule has 0 amide bonds. The van der Waals surface area contributed by atoms with E-state index in [4.69, 9.17) is 0 Å². The Hall–Kier alpha value is 2.04. The average Bonchev–Trinajstić information content (AvgIpc) is 1.35. The minimum atomic E-state index is -0.284. The molecule has 0 saturated carbocycles. The average molecular weight is 348 g/mol. The summed E-state index contributed by atoms with van der Waals surface area (Å²) in [4.78, 5) is 0. The quantitative estimate of drug-likeness (QED) is 0.673. The Labute approximate surface area is 65.8 Å². The summed E-state index contributed by atoms with van der Waals surface area (Å²) < 4.78 is 0. The first-order valence-electron chi connectivity index (χ1n) is 1.86. The molecule has 0 aromatic rings. The first-order valence-corrected chi connectivity index (χ1v) is 11.9. The van der Waals surface area contributed by atoms with E-state index in [-0.39, 0.29) is 8.34 Å². The molecule has 3 heteroatoms. The Balaban J connectivity index is 2.63. The topological polar surface area (TPSA) is 0 Å². The van der Waals surface area contributed by atoms with Gasteiger partial charge in [0, 0.05) is 0 Å².